The molecule has 0 N–H and O–H groups in total. The van der Waals surface area contributed by atoms with Gasteiger partial charge in [0.25, 0.3) is 0 Å². The van der Waals surface area contributed by atoms with Gasteiger partial charge in [0.15, 0.2) is 0 Å². The van der Waals surface area contributed by atoms with Crippen molar-refractivity contribution in [3.05, 3.63) is 0 Å². The summed E-state index contributed by atoms with van der Waals surface area (Å²) < 4.78 is 23.2. The van der Waals surface area contributed by atoms with Crippen molar-refractivity contribution in [2.45, 2.75) is 13.3 Å². The van der Waals surface area contributed by atoms with Crippen molar-refractivity contribution in [3.63, 3.8) is 0 Å². The average Bonchev–Trinajstić information content (AvgIpc) is 1.61. The van der Waals surface area contributed by atoms with E-state index in [9.17, 15) is 8.76 Å². The first kappa shape index (κ1) is 11.8. The van der Waals surface area contributed by atoms with Gasteiger partial charge in [0.05, 0.1) is 18.0 Å². The van der Waals surface area contributed by atoms with Crippen molar-refractivity contribution in [1.29, 1.82) is 0 Å². The summed E-state index contributed by atoms with van der Waals surface area (Å²) in [4.78, 5) is 0. The molecule has 8 heavy (non-hydrogen) atoms. The molecule has 5 heteroatoms. The molecule has 44 valence electrons. The van der Waals surface area contributed by atoms with Crippen LogP contribution in [0.3, 0.4) is 0 Å². The SMILES string of the molecule is CCCOS(=O)[O-].[Na+]. The van der Waals surface area contributed by atoms with Gasteiger partial charge in [-0.05, 0) is 6.42 Å². The van der Waals surface area contributed by atoms with Crippen LogP contribution in [0, 0.1) is 0 Å². The molecule has 0 aliphatic carbocycles. The van der Waals surface area contributed by atoms with Gasteiger partial charge in [-0.1, -0.05) is 6.92 Å². The van der Waals surface area contributed by atoms with Gasteiger partial charge in [0.2, 0.25) is 0 Å². The molecule has 0 saturated carbocycles. The van der Waals surface area contributed by atoms with Crippen molar-refractivity contribution in [3.8, 4) is 0 Å². The van der Waals surface area contributed by atoms with Crippen molar-refractivity contribution in [2.75, 3.05) is 6.61 Å². The Morgan fingerprint density at radius 3 is 2.38 bits per heavy atom. The van der Waals surface area contributed by atoms with Gasteiger partial charge in [-0.3, -0.25) is 0 Å². The predicted octanol–water partition coefficient (Wildman–Crippen LogP) is -2.79. The van der Waals surface area contributed by atoms with Crippen molar-refractivity contribution < 1.29 is 42.5 Å². The van der Waals surface area contributed by atoms with E-state index in [0.717, 1.165) is 6.42 Å². The molecule has 0 fully saturated rings. The van der Waals surface area contributed by atoms with Crippen LogP contribution in [0.15, 0.2) is 0 Å². The van der Waals surface area contributed by atoms with Gasteiger partial charge >= 0.3 is 29.6 Å². The van der Waals surface area contributed by atoms with Crippen LogP contribution in [0.5, 0.6) is 0 Å². The van der Waals surface area contributed by atoms with E-state index in [1.54, 1.807) is 0 Å². The van der Waals surface area contributed by atoms with E-state index >= 15 is 0 Å². The summed E-state index contributed by atoms with van der Waals surface area (Å²) in [6, 6.07) is 0. The molecule has 0 aliphatic rings. The first-order valence-corrected chi connectivity index (χ1v) is 3.00. The number of hydrogen-bond donors (Lipinski definition) is 0. The van der Waals surface area contributed by atoms with Gasteiger partial charge in [-0.15, -0.1) is 0 Å². The zero-order valence-corrected chi connectivity index (χ0v) is 7.86. The molecule has 0 rings (SSSR count). The van der Waals surface area contributed by atoms with E-state index in [1.165, 1.54) is 0 Å². The predicted molar refractivity (Wildman–Crippen MR) is 25.2 cm³/mol. The number of rotatable bonds is 3. The second-order valence-corrected chi connectivity index (χ2v) is 1.67. The Bertz CT molecular complexity index is 67.5. The van der Waals surface area contributed by atoms with Crippen molar-refractivity contribution in [1.82, 2.24) is 0 Å². The molecule has 1 unspecified atom stereocenters. The molecule has 0 aromatic heterocycles. The fraction of sp³-hybridized carbons (Fsp3) is 1.00. The Hall–Kier alpha value is 1.07. The summed E-state index contributed by atoms with van der Waals surface area (Å²) in [6.07, 6.45) is 0.730. The Morgan fingerprint density at radius 1 is 1.75 bits per heavy atom. The maximum atomic E-state index is 9.54. The van der Waals surface area contributed by atoms with E-state index in [-0.39, 0.29) is 36.2 Å². The molecule has 0 aromatic rings. The standard InChI is InChI=1S/C3H8O3S.Na/c1-2-3-6-7(4)5;/h2-3H2,1H3,(H,4,5);/q;+1/p-1. The summed E-state index contributed by atoms with van der Waals surface area (Å²) in [6.45, 7) is 2.13. The normalized spacial score (nSPS) is 12.2. The van der Waals surface area contributed by atoms with Crippen LogP contribution in [0.25, 0.3) is 0 Å². The van der Waals surface area contributed by atoms with Crippen LogP contribution in [0.1, 0.15) is 13.3 Å². The average molecular weight is 146 g/mol. The van der Waals surface area contributed by atoms with E-state index in [0.29, 0.717) is 0 Å². The van der Waals surface area contributed by atoms with Crippen LogP contribution in [-0.2, 0) is 15.5 Å². The third kappa shape index (κ3) is 10.1. The molecular formula is C3H7NaO3S. The van der Waals surface area contributed by atoms with Crippen LogP contribution in [0.4, 0.5) is 0 Å². The Kier molecular flexibility index (Phi) is 11.9. The molecular weight excluding hydrogens is 139 g/mol. The smallest absolute Gasteiger partial charge is 0.750 e. The molecule has 3 nitrogen and oxygen atoms in total. The van der Waals surface area contributed by atoms with Crippen LogP contribution in [-0.4, -0.2) is 15.4 Å². The second-order valence-electron chi connectivity index (χ2n) is 1.03. The minimum atomic E-state index is -2.32. The van der Waals surface area contributed by atoms with Crippen LogP contribution >= 0.6 is 0 Å². The second kappa shape index (κ2) is 8.07. The third-order valence-electron chi connectivity index (χ3n) is 0.384. The summed E-state index contributed by atoms with van der Waals surface area (Å²) in [7, 11) is 0. The van der Waals surface area contributed by atoms with E-state index in [1.807, 2.05) is 6.92 Å². The van der Waals surface area contributed by atoms with Gasteiger partial charge < -0.3 is 8.74 Å². The Labute approximate surface area is 73.6 Å². The molecule has 0 amide bonds. The quantitative estimate of drug-likeness (QED) is 0.319. The topological polar surface area (TPSA) is 49.4 Å². The molecule has 0 aromatic carbocycles. The van der Waals surface area contributed by atoms with Gasteiger partial charge in [-0.25, -0.2) is 4.21 Å². The van der Waals surface area contributed by atoms with Crippen molar-refractivity contribution >= 4 is 11.4 Å². The fourth-order valence-electron chi connectivity index (χ4n) is 0.151. The summed E-state index contributed by atoms with van der Waals surface area (Å²) in [5.74, 6) is 0. The van der Waals surface area contributed by atoms with Crippen LogP contribution in [0.2, 0.25) is 0 Å². The first-order chi connectivity index (χ1) is 3.27. The van der Waals surface area contributed by atoms with E-state index in [2.05, 4.69) is 4.18 Å². The van der Waals surface area contributed by atoms with Gasteiger partial charge in [-0.2, -0.15) is 0 Å². The largest absolute Gasteiger partial charge is 1.00 e. The molecule has 0 aliphatic heterocycles. The zero-order chi connectivity index (χ0) is 5.70. The maximum Gasteiger partial charge on any atom is 1.00 e. The molecule has 0 heterocycles. The summed E-state index contributed by atoms with van der Waals surface area (Å²) in [5.41, 5.74) is 0. The molecule has 0 saturated heterocycles. The molecule has 0 radical (unpaired) electrons. The third-order valence-corrected chi connectivity index (χ3v) is 0.743. The Balaban J connectivity index is 0. The minimum absolute atomic E-state index is 0. The number of hydrogen-bond acceptors (Lipinski definition) is 3. The molecule has 0 spiro atoms. The fourth-order valence-corrected chi connectivity index (χ4v) is 0.454. The monoisotopic (exact) mass is 146 g/mol. The minimum Gasteiger partial charge on any atom is -0.750 e. The molecule has 0 bridgehead atoms. The summed E-state index contributed by atoms with van der Waals surface area (Å²) >= 11 is -2.32. The van der Waals surface area contributed by atoms with Crippen LogP contribution < -0.4 is 29.6 Å². The maximum absolute atomic E-state index is 9.54. The summed E-state index contributed by atoms with van der Waals surface area (Å²) in [5, 5.41) is 0. The first-order valence-electron chi connectivity index (χ1n) is 2.00. The Morgan fingerprint density at radius 2 is 2.25 bits per heavy atom. The van der Waals surface area contributed by atoms with E-state index < -0.39 is 11.4 Å². The zero-order valence-electron chi connectivity index (χ0n) is 5.05. The van der Waals surface area contributed by atoms with Gasteiger partial charge in [0, 0.05) is 0 Å². The van der Waals surface area contributed by atoms with Gasteiger partial charge in [0.1, 0.15) is 0 Å². The van der Waals surface area contributed by atoms with E-state index in [4.69, 9.17) is 0 Å². The molecule has 1 atom stereocenters. The van der Waals surface area contributed by atoms with Crippen molar-refractivity contribution in [2.24, 2.45) is 0 Å².